The Morgan fingerprint density at radius 3 is 3.11 bits per heavy atom. The topological polar surface area (TPSA) is 72.0 Å². The van der Waals surface area contributed by atoms with Crippen molar-refractivity contribution in [2.75, 3.05) is 0 Å². The first-order valence-corrected chi connectivity index (χ1v) is 10.7. The smallest absolute Gasteiger partial charge is 0.331 e. The van der Waals surface area contributed by atoms with Crippen LogP contribution in [0, 0.1) is 5.92 Å². The van der Waals surface area contributed by atoms with Gasteiger partial charge < -0.3 is 9.72 Å². The third-order valence-corrected chi connectivity index (χ3v) is 6.67. The lowest BCUT2D eigenvalue weighted by atomic mass is 9.89. The van der Waals surface area contributed by atoms with E-state index in [-0.39, 0.29) is 5.56 Å². The third-order valence-electron chi connectivity index (χ3n) is 4.82. The molecule has 0 unspecified atom stereocenters. The van der Waals surface area contributed by atoms with E-state index in [2.05, 4.69) is 16.9 Å². The van der Waals surface area contributed by atoms with Gasteiger partial charge in [-0.2, -0.15) is 11.3 Å². The molecule has 3 heterocycles. The van der Waals surface area contributed by atoms with Crippen LogP contribution in [-0.2, 0) is 22.4 Å². The SMILES string of the molecule is C[C@@H]1CCc2c(sc3nc([C@@H](C)OC(=O)/C=C/c4ccsc4)[nH]c(=O)c23)C1. The highest BCUT2D eigenvalue weighted by molar-refractivity contribution is 7.18. The van der Waals surface area contributed by atoms with E-state index < -0.39 is 12.1 Å². The highest BCUT2D eigenvalue weighted by Crippen LogP contribution is 2.35. The molecular formula is C20H20N2O3S2. The summed E-state index contributed by atoms with van der Waals surface area (Å²) in [5, 5.41) is 4.60. The summed E-state index contributed by atoms with van der Waals surface area (Å²) in [7, 11) is 0. The number of fused-ring (bicyclic) bond motifs is 3. The minimum absolute atomic E-state index is 0.140. The lowest BCUT2D eigenvalue weighted by Gasteiger charge is -2.17. The molecule has 0 bridgehead atoms. The third kappa shape index (κ3) is 3.75. The Hall–Kier alpha value is -2.25. The molecule has 5 nitrogen and oxygen atoms in total. The second-order valence-corrected chi connectivity index (χ2v) is 8.82. The lowest BCUT2D eigenvalue weighted by Crippen LogP contribution is -2.17. The number of H-pyrrole nitrogens is 1. The van der Waals surface area contributed by atoms with Gasteiger partial charge in [0.15, 0.2) is 11.9 Å². The number of hydrogen-bond acceptors (Lipinski definition) is 6. The number of ether oxygens (including phenoxy) is 1. The van der Waals surface area contributed by atoms with Gasteiger partial charge >= 0.3 is 5.97 Å². The van der Waals surface area contributed by atoms with E-state index in [1.807, 2.05) is 16.8 Å². The van der Waals surface area contributed by atoms with Crippen molar-refractivity contribution in [1.29, 1.82) is 0 Å². The molecule has 0 aromatic carbocycles. The summed E-state index contributed by atoms with van der Waals surface area (Å²) in [6, 6.07) is 1.92. The Balaban J connectivity index is 1.56. The molecule has 0 saturated heterocycles. The van der Waals surface area contributed by atoms with Gasteiger partial charge in [-0.3, -0.25) is 4.79 Å². The molecule has 2 atom stereocenters. The van der Waals surface area contributed by atoms with Gasteiger partial charge in [-0.25, -0.2) is 9.78 Å². The summed E-state index contributed by atoms with van der Waals surface area (Å²) >= 11 is 3.16. The van der Waals surface area contributed by atoms with E-state index in [0.717, 1.165) is 35.2 Å². The first-order chi connectivity index (χ1) is 13.0. The number of esters is 1. The first-order valence-electron chi connectivity index (χ1n) is 8.96. The van der Waals surface area contributed by atoms with Crippen molar-refractivity contribution in [1.82, 2.24) is 9.97 Å². The van der Waals surface area contributed by atoms with E-state index >= 15 is 0 Å². The minimum atomic E-state index is -0.625. The van der Waals surface area contributed by atoms with Crippen molar-refractivity contribution >= 4 is 44.9 Å². The molecule has 0 amide bonds. The Morgan fingerprint density at radius 2 is 2.33 bits per heavy atom. The van der Waals surface area contributed by atoms with E-state index in [1.165, 1.54) is 11.0 Å². The summed E-state index contributed by atoms with van der Waals surface area (Å²) < 4.78 is 5.41. The number of rotatable bonds is 4. The maximum Gasteiger partial charge on any atom is 0.331 e. The van der Waals surface area contributed by atoms with Gasteiger partial charge in [0.25, 0.3) is 5.56 Å². The summed E-state index contributed by atoms with van der Waals surface area (Å²) in [5.74, 6) is 0.561. The maximum atomic E-state index is 12.6. The van der Waals surface area contributed by atoms with Gasteiger partial charge in [-0.05, 0) is 66.1 Å². The molecule has 0 saturated carbocycles. The molecule has 1 N–H and O–H groups in total. The second-order valence-electron chi connectivity index (χ2n) is 6.95. The van der Waals surface area contributed by atoms with Crippen LogP contribution in [0.4, 0.5) is 0 Å². The fourth-order valence-corrected chi connectivity index (χ4v) is 5.38. The molecule has 0 spiro atoms. The van der Waals surface area contributed by atoms with Crippen LogP contribution in [0.5, 0.6) is 0 Å². The zero-order chi connectivity index (χ0) is 19.0. The normalized spacial score (nSPS) is 17.9. The molecule has 0 fully saturated rings. The number of hydrogen-bond donors (Lipinski definition) is 1. The number of aromatic amines is 1. The maximum absolute atomic E-state index is 12.6. The van der Waals surface area contributed by atoms with Gasteiger partial charge in [0.2, 0.25) is 0 Å². The Labute approximate surface area is 164 Å². The largest absolute Gasteiger partial charge is 0.451 e. The molecule has 140 valence electrons. The molecule has 1 aliphatic rings. The lowest BCUT2D eigenvalue weighted by molar-refractivity contribution is -0.142. The number of thiophene rings is 2. The van der Waals surface area contributed by atoms with Crippen molar-refractivity contribution in [3.63, 3.8) is 0 Å². The molecule has 27 heavy (non-hydrogen) atoms. The van der Waals surface area contributed by atoms with Crippen LogP contribution >= 0.6 is 22.7 Å². The van der Waals surface area contributed by atoms with Crippen LogP contribution in [0.15, 0.2) is 27.7 Å². The summed E-state index contributed by atoms with van der Waals surface area (Å²) in [6.45, 7) is 3.96. The van der Waals surface area contributed by atoms with Crippen LogP contribution in [0.2, 0.25) is 0 Å². The van der Waals surface area contributed by atoms with Crippen molar-refractivity contribution < 1.29 is 9.53 Å². The zero-order valence-corrected chi connectivity index (χ0v) is 16.8. The molecular weight excluding hydrogens is 380 g/mol. The highest BCUT2D eigenvalue weighted by atomic mass is 32.1. The van der Waals surface area contributed by atoms with Crippen LogP contribution in [-0.4, -0.2) is 15.9 Å². The first kappa shape index (κ1) is 18.1. The standard InChI is InChI=1S/C20H20N2O3S2/c1-11-3-5-14-15(9-11)27-20-17(14)19(24)21-18(22-20)12(2)25-16(23)6-4-13-7-8-26-10-13/h4,6-8,10-12H,3,5,9H2,1-2H3,(H,21,22,24)/b6-4+/t11-,12-/m1/s1. The van der Waals surface area contributed by atoms with E-state index in [9.17, 15) is 9.59 Å². The molecule has 0 aliphatic heterocycles. The fraction of sp³-hybridized carbons (Fsp3) is 0.350. The number of aryl methyl sites for hydroxylation is 1. The van der Waals surface area contributed by atoms with Crippen molar-refractivity contribution in [2.45, 2.75) is 39.2 Å². The van der Waals surface area contributed by atoms with Crippen LogP contribution < -0.4 is 5.56 Å². The van der Waals surface area contributed by atoms with Crippen molar-refractivity contribution in [3.8, 4) is 0 Å². The Morgan fingerprint density at radius 1 is 1.48 bits per heavy atom. The summed E-state index contributed by atoms with van der Waals surface area (Å²) in [5.41, 5.74) is 1.96. The molecule has 0 radical (unpaired) electrons. The molecule has 3 aromatic rings. The highest BCUT2D eigenvalue weighted by Gasteiger charge is 2.24. The molecule has 7 heteroatoms. The predicted molar refractivity (Wildman–Crippen MR) is 109 cm³/mol. The number of nitrogens with zero attached hydrogens (tertiary/aromatic N) is 1. The van der Waals surface area contributed by atoms with Gasteiger partial charge in [0.1, 0.15) is 4.83 Å². The van der Waals surface area contributed by atoms with E-state index in [0.29, 0.717) is 17.1 Å². The van der Waals surface area contributed by atoms with Crippen molar-refractivity contribution in [3.05, 3.63) is 55.1 Å². The molecule has 3 aromatic heterocycles. The average Bonchev–Trinajstić information content (AvgIpc) is 3.26. The van der Waals surface area contributed by atoms with Crippen LogP contribution in [0.25, 0.3) is 16.3 Å². The van der Waals surface area contributed by atoms with Crippen LogP contribution in [0.3, 0.4) is 0 Å². The fourth-order valence-electron chi connectivity index (χ4n) is 3.36. The Bertz CT molecular complexity index is 1060. The van der Waals surface area contributed by atoms with Crippen LogP contribution in [0.1, 0.15) is 48.2 Å². The zero-order valence-electron chi connectivity index (χ0n) is 15.2. The average molecular weight is 401 g/mol. The van der Waals surface area contributed by atoms with E-state index in [4.69, 9.17) is 4.74 Å². The molecule has 4 rings (SSSR count). The monoisotopic (exact) mass is 400 g/mol. The number of carbonyl (C=O) groups excluding carboxylic acids is 1. The quantitative estimate of drug-likeness (QED) is 0.517. The molecule has 1 aliphatic carbocycles. The van der Waals surface area contributed by atoms with Gasteiger partial charge in [-0.15, -0.1) is 11.3 Å². The Kier molecular flexibility index (Phi) is 4.97. The van der Waals surface area contributed by atoms with Gasteiger partial charge in [0, 0.05) is 11.0 Å². The number of aromatic nitrogens is 2. The van der Waals surface area contributed by atoms with Crippen molar-refractivity contribution in [2.24, 2.45) is 5.92 Å². The van der Waals surface area contributed by atoms with Gasteiger partial charge in [0.05, 0.1) is 5.39 Å². The number of nitrogens with one attached hydrogen (secondary N) is 1. The second kappa shape index (κ2) is 7.40. The summed E-state index contributed by atoms with van der Waals surface area (Å²) in [6.07, 6.45) is 5.51. The predicted octanol–water partition coefficient (Wildman–Crippen LogP) is 4.49. The van der Waals surface area contributed by atoms with Gasteiger partial charge in [-0.1, -0.05) is 6.92 Å². The minimum Gasteiger partial charge on any atom is -0.451 e. The summed E-state index contributed by atoms with van der Waals surface area (Å²) in [4.78, 5) is 34.1. The van der Waals surface area contributed by atoms with E-state index in [1.54, 1.807) is 35.7 Å². The number of carbonyl (C=O) groups is 1.